The summed E-state index contributed by atoms with van der Waals surface area (Å²) in [5.41, 5.74) is 3.69. The van der Waals surface area contributed by atoms with Crippen LogP contribution in [0.3, 0.4) is 0 Å². The second-order valence-electron chi connectivity index (χ2n) is 9.71. The molecule has 0 unspecified atom stereocenters. The summed E-state index contributed by atoms with van der Waals surface area (Å²) in [7, 11) is 0. The number of hydrogen-bond acceptors (Lipinski definition) is 4. The summed E-state index contributed by atoms with van der Waals surface area (Å²) in [6, 6.07) is 15.6. The minimum atomic E-state index is -1.10. The molecule has 0 spiro atoms. The highest BCUT2D eigenvalue weighted by atomic mass is 35.5. The molecule has 2 aromatic heterocycles. The maximum atomic E-state index is 12.0. The van der Waals surface area contributed by atoms with Gasteiger partial charge in [0.15, 0.2) is 10.8 Å². The number of nitriles is 1. The van der Waals surface area contributed by atoms with Gasteiger partial charge in [-0.3, -0.25) is 0 Å². The van der Waals surface area contributed by atoms with E-state index in [1.807, 2.05) is 36.4 Å². The smallest absolute Gasteiger partial charge is 0.355 e. The van der Waals surface area contributed by atoms with E-state index in [0.29, 0.717) is 30.1 Å². The summed E-state index contributed by atoms with van der Waals surface area (Å²) in [6.45, 7) is 8.75. The van der Waals surface area contributed by atoms with Crippen molar-refractivity contribution in [2.75, 3.05) is 0 Å². The molecule has 0 aliphatic carbocycles. The number of nitrogens with zero attached hydrogens (tertiary/aromatic N) is 3. The molecule has 1 N–H and O–H groups in total. The normalized spacial score (nSPS) is 11.7. The van der Waals surface area contributed by atoms with E-state index in [-0.39, 0.29) is 16.3 Å². The number of benzene rings is 2. The largest absolute Gasteiger partial charge is 0.476 e. The lowest BCUT2D eigenvalue weighted by Crippen LogP contribution is -2.13. The first-order valence-electron chi connectivity index (χ1n) is 11.7. The summed E-state index contributed by atoms with van der Waals surface area (Å²) in [5, 5.41) is 20.4. The Bertz CT molecular complexity index is 1450. The van der Waals surface area contributed by atoms with Crippen LogP contribution in [0, 0.1) is 11.3 Å². The Balaban J connectivity index is 1.88. The number of aryl methyl sites for hydroxylation is 1. The highest BCUT2D eigenvalue weighted by Gasteiger charge is 2.28. The third-order valence-corrected chi connectivity index (χ3v) is 6.36. The summed E-state index contributed by atoms with van der Waals surface area (Å²) in [5.74, 6) is 0.254. The van der Waals surface area contributed by atoms with Crippen molar-refractivity contribution in [2.24, 2.45) is 0 Å². The van der Waals surface area contributed by atoms with Crippen molar-refractivity contribution in [3.8, 4) is 17.4 Å². The molecule has 2 aromatic carbocycles. The number of carbonyl (C=O) groups is 1. The van der Waals surface area contributed by atoms with Crippen molar-refractivity contribution >= 4 is 28.5 Å². The van der Waals surface area contributed by atoms with Gasteiger partial charge >= 0.3 is 5.97 Å². The van der Waals surface area contributed by atoms with Crippen molar-refractivity contribution < 1.29 is 14.3 Å². The molecule has 0 aliphatic rings. The third kappa shape index (κ3) is 4.69. The molecule has 0 atom stereocenters. The van der Waals surface area contributed by atoms with E-state index in [2.05, 4.69) is 38.7 Å². The molecule has 6 nitrogen and oxygen atoms in total. The van der Waals surface area contributed by atoms with Crippen LogP contribution in [0.25, 0.3) is 22.3 Å². The molecule has 4 aromatic rings. The number of unbranched alkanes of at least 4 members (excludes halogenated alkanes) is 1. The van der Waals surface area contributed by atoms with E-state index in [0.717, 1.165) is 40.5 Å². The molecule has 2 heterocycles. The van der Waals surface area contributed by atoms with Gasteiger partial charge in [-0.25, -0.2) is 9.78 Å². The van der Waals surface area contributed by atoms with Crippen molar-refractivity contribution in [1.29, 1.82) is 5.26 Å². The van der Waals surface area contributed by atoms with Gasteiger partial charge in [-0.15, -0.1) is 0 Å². The number of aromatic nitrogens is 2. The monoisotopic (exact) mass is 489 g/mol. The molecule has 35 heavy (non-hydrogen) atoms. The molecular formula is C28H28ClN3O3. The molecule has 0 radical (unpaired) electrons. The molecule has 0 amide bonds. The van der Waals surface area contributed by atoms with Gasteiger partial charge in [0.05, 0.1) is 11.6 Å². The number of carboxylic acid groups (broad SMARTS) is 1. The van der Waals surface area contributed by atoms with Crippen LogP contribution in [0.1, 0.15) is 73.5 Å². The van der Waals surface area contributed by atoms with Crippen LogP contribution >= 0.6 is 11.6 Å². The summed E-state index contributed by atoms with van der Waals surface area (Å²) in [6.07, 6.45) is 2.51. The zero-order valence-corrected chi connectivity index (χ0v) is 21.1. The van der Waals surface area contributed by atoms with E-state index in [4.69, 9.17) is 16.0 Å². The van der Waals surface area contributed by atoms with Crippen LogP contribution in [0.5, 0.6) is 0 Å². The molecule has 0 saturated carbocycles. The van der Waals surface area contributed by atoms with Gasteiger partial charge in [0.1, 0.15) is 17.2 Å². The maximum absolute atomic E-state index is 12.0. The second kappa shape index (κ2) is 9.59. The van der Waals surface area contributed by atoms with Gasteiger partial charge < -0.3 is 14.1 Å². The Kier molecular flexibility index (Phi) is 6.73. The van der Waals surface area contributed by atoms with E-state index in [1.54, 1.807) is 10.6 Å². The Morgan fingerprint density at radius 2 is 1.97 bits per heavy atom. The minimum absolute atomic E-state index is 0.00439. The third-order valence-electron chi connectivity index (χ3n) is 6.10. The molecule has 180 valence electrons. The number of rotatable bonds is 7. The first-order chi connectivity index (χ1) is 16.7. The van der Waals surface area contributed by atoms with Crippen molar-refractivity contribution in [3.63, 3.8) is 0 Å². The number of fused-ring (bicyclic) bond motifs is 1. The zero-order valence-electron chi connectivity index (χ0n) is 20.4. The Labute approximate surface area is 209 Å². The fourth-order valence-electron chi connectivity index (χ4n) is 4.51. The summed E-state index contributed by atoms with van der Waals surface area (Å²) >= 11 is 6.22. The number of halogens is 1. The average molecular weight is 490 g/mol. The highest BCUT2D eigenvalue weighted by Crippen LogP contribution is 2.42. The molecule has 0 aliphatic heterocycles. The molecule has 4 rings (SSSR count). The first-order valence-corrected chi connectivity index (χ1v) is 12.1. The lowest BCUT2D eigenvalue weighted by Gasteiger charge is -2.20. The van der Waals surface area contributed by atoms with Gasteiger partial charge in [-0.2, -0.15) is 5.26 Å². The molecule has 0 saturated heterocycles. The van der Waals surface area contributed by atoms with Crippen LogP contribution < -0.4 is 0 Å². The number of hydrogen-bond donors (Lipinski definition) is 1. The van der Waals surface area contributed by atoms with Crippen LogP contribution in [0.2, 0.25) is 5.15 Å². The van der Waals surface area contributed by atoms with Gasteiger partial charge in [0.2, 0.25) is 0 Å². The predicted molar refractivity (Wildman–Crippen MR) is 137 cm³/mol. The lowest BCUT2D eigenvalue weighted by atomic mass is 9.82. The average Bonchev–Trinajstić information content (AvgIpc) is 3.34. The molecular weight excluding hydrogens is 462 g/mol. The van der Waals surface area contributed by atoms with Crippen LogP contribution in [0.4, 0.5) is 0 Å². The molecule has 7 heteroatoms. The van der Waals surface area contributed by atoms with E-state index >= 15 is 0 Å². The summed E-state index contributed by atoms with van der Waals surface area (Å²) < 4.78 is 8.02. The predicted octanol–water partition coefficient (Wildman–Crippen LogP) is 7.21. The zero-order chi connectivity index (χ0) is 25.3. The topological polar surface area (TPSA) is 92.0 Å². The second-order valence-corrected chi connectivity index (χ2v) is 10.1. The molecule has 0 bridgehead atoms. The SMILES string of the molecule is CCCCc1nc(Cl)c(C(=O)O)n1Cc1ccc2oc(-c3ccccc3C#N)c(C(C)(C)C)c2c1. The van der Waals surface area contributed by atoms with Gasteiger partial charge in [0.25, 0.3) is 0 Å². The van der Waals surface area contributed by atoms with E-state index in [9.17, 15) is 15.2 Å². The van der Waals surface area contributed by atoms with Crippen LogP contribution in [0.15, 0.2) is 46.9 Å². The lowest BCUT2D eigenvalue weighted by molar-refractivity contribution is 0.0685. The van der Waals surface area contributed by atoms with E-state index in [1.165, 1.54) is 0 Å². The van der Waals surface area contributed by atoms with Crippen LogP contribution in [-0.2, 0) is 18.4 Å². The van der Waals surface area contributed by atoms with Crippen molar-refractivity contribution in [1.82, 2.24) is 9.55 Å². The van der Waals surface area contributed by atoms with Gasteiger partial charge in [-0.05, 0) is 41.7 Å². The fraction of sp³-hybridized carbons (Fsp3) is 0.321. The highest BCUT2D eigenvalue weighted by molar-refractivity contribution is 6.32. The number of furan rings is 1. The van der Waals surface area contributed by atoms with Gasteiger partial charge in [0, 0.05) is 29.5 Å². The minimum Gasteiger partial charge on any atom is -0.476 e. The van der Waals surface area contributed by atoms with E-state index < -0.39 is 5.97 Å². The first kappa shape index (κ1) is 24.6. The maximum Gasteiger partial charge on any atom is 0.355 e. The Morgan fingerprint density at radius 3 is 2.63 bits per heavy atom. The quantitative estimate of drug-likeness (QED) is 0.296. The Morgan fingerprint density at radius 1 is 1.23 bits per heavy atom. The number of carboxylic acids is 1. The number of imidazole rings is 1. The van der Waals surface area contributed by atoms with Crippen molar-refractivity contribution in [2.45, 2.75) is 58.9 Å². The Hall–Kier alpha value is -3.56. The number of aromatic carboxylic acids is 1. The fourth-order valence-corrected chi connectivity index (χ4v) is 4.79. The molecule has 0 fully saturated rings. The van der Waals surface area contributed by atoms with Gasteiger partial charge in [-0.1, -0.05) is 63.9 Å². The summed E-state index contributed by atoms with van der Waals surface area (Å²) in [4.78, 5) is 16.3. The van der Waals surface area contributed by atoms with Crippen LogP contribution in [-0.4, -0.2) is 20.6 Å². The standard InChI is InChI=1S/C28H28ClN3O3/c1-5-6-11-22-31-26(29)24(27(33)34)32(22)16-17-12-13-21-20(14-17)23(28(2,3)4)25(35-21)19-10-8-7-9-18(19)15-30/h7-10,12-14H,5-6,11,16H2,1-4H3,(H,33,34). The van der Waals surface area contributed by atoms with Crippen molar-refractivity contribution in [3.05, 3.63) is 75.8 Å².